The van der Waals surface area contributed by atoms with E-state index >= 15 is 0 Å². The van der Waals surface area contributed by atoms with Gasteiger partial charge in [0.25, 0.3) is 0 Å². The van der Waals surface area contributed by atoms with Crippen molar-refractivity contribution in [2.24, 2.45) is 0 Å². The van der Waals surface area contributed by atoms with Crippen molar-refractivity contribution in [1.29, 1.82) is 0 Å². The lowest BCUT2D eigenvalue weighted by atomic mass is 10.00. The van der Waals surface area contributed by atoms with Crippen molar-refractivity contribution in [2.45, 2.75) is 126 Å². The van der Waals surface area contributed by atoms with Gasteiger partial charge in [-0.2, -0.15) is 0 Å². The second kappa shape index (κ2) is 29.5. The van der Waals surface area contributed by atoms with Crippen LogP contribution in [0.25, 0.3) is 32.9 Å². The SMILES string of the molecule is Cc1cc(C(C)Nc2ccc(Cl)nc2C(=O)O)c2oc(N3CCCCC3)c(C)c(=O)c2c1.Cc1cc(C(C)Nc2ccc(Cl)nc2C(=O)O)c2oc(N3Cc4ccc(F)cc4C3)c(C)c(=O)c2c1.Cc1cc(C(C)Nc2ccccc2C(=O)O)c2oc(N3Cc4ccc(F)cc4C3)c(C)c(=O)c2c1. The van der Waals surface area contributed by atoms with Crippen LogP contribution in [0.1, 0.15) is 162 Å². The maximum absolute atomic E-state index is 13.8. The number of rotatable bonds is 15. The number of aromatic carboxylic acids is 3. The number of nitrogens with one attached hydrogen (secondary N) is 3. The molecule has 1 saturated heterocycles. The van der Waals surface area contributed by atoms with Gasteiger partial charge in [-0.05, 0) is 199 Å². The van der Waals surface area contributed by atoms with E-state index in [-0.39, 0.29) is 67.3 Å². The smallest absolute Gasteiger partial charge is 0.356 e. The first-order valence-electron chi connectivity index (χ1n) is 33.6. The molecule has 0 amide bonds. The zero-order valence-corrected chi connectivity index (χ0v) is 59.4. The van der Waals surface area contributed by atoms with E-state index in [0.717, 1.165) is 76.0 Å². The molecule has 20 nitrogen and oxygen atoms in total. The normalized spacial score (nSPS) is 14.1. The van der Waals surface area contributed by atoms with Gasteiger partial charge < -0.3 is 59.2 Å². The number of hydrogen-bond acceptors (Lipinski definition) is 17. The van der Waals surface area contributed by atoms with E-state index in [4.69, 9.17) is 36.5 Å². The molecule has 3 aliphatic heterocycles. The Bertz CT molecular complexity index is 5440. The van der Waals surface area contributed by atoms with E-state index in [0.29, 0.717) is 116 Å². The Kier molecular flexibility index (Phi) is 20.5. The van der Waals surface area contributed by atoms with Crippen molar-refractivity contribution in [3.63, 3.8) is 0 Å². The van der Waals surface area contributed by atoms with Gasteiger partial charge in [0.05, 0.1) is 67.9 Å². The summed E-state index contributed by atoms with van der Waals surface area (Å²) < 4.78 is 46.7. The molecule has 3 unspecified atom stereocenters. The summed E-state index contributed by atoms with van der Waals surface area (Å²) in [5, 5.41) is 39.9. The lowest BCUT2D eigenvalue weighted by molar-refractivity contribution is 0.0681. The third kappa shape index (κ3) is 14.9. The Balaban J connectivity index is 0.000000146. The van der Waals surface area contributed by atoms with Crippen LogP contribution in [-0.2, 0) is 26.2 Å². The summed E-state index contributed by atoms with van der Waals surface area (Å²) in [4.78, 5) is 88.9. The second-order valence-electron chi connectivity index (χ2n) is 26.5. The average molecular weight is 1440 g/mol. The first kappa shape index (κ1) is 71.7. The number of aromatic nitrogens is 2. The predicted molar refractivity (Wildman–Crippen MR) is 396 cm³/mol. The maximum atomic E-state index is 13.8. The Morgan fingerprint density at radius 2 is 0.806 bits per heavy atom. The molecular formula is C79H74Cl2F2N8O12. The molecule has 3 aliphatic rings. The van der Waals surface area contributed by atoms with Gasteiger partial charge in [0.1, 0.15) is 38.7 Å². The Hall–Kier alpha value is -11.1. The van der Waals surface area contributed by atoms with Crippen molar-refractivity contribution in [1.82, 2.24) is 9.97 Å². The molecule has 11 aromatic rings. The molecule has 103 heavy (non-hydrogen) atoms. The van der Waals surface area contributed by atoms with E-state index < -0.39 is 23.9 Å². The molecule has 3 atom stereocenters. The predicted octanol–water partition coefficient (Wildman–Crippen LogP) is 17.2. The molecule has 5 aromatic heterocycles. The van der Waals surface area contributed by atoms with Crippen molar-refractivity contribution in [2.75, 3.05) is 43.7 Å². The molecule has 14 rings (SSSR count). The van der Waals surface area contributed by atoms with Gasteiger partial charge in [0.15, 0.2) is 27.7 Å². The number of piperidine rings is 1. The molecule has 1 fully saturated rings. The number of fused-ring (bicyclic) bond motifs is 5. The zero-order chi connectivity index (χ0) is 73.6. The molecule has 6 aromatic carbocycles. The third-order valence-corrected chi connectivity index (χ3v) is 19.3. The molecule has 0 bridgehead atoms. The Morgan fingerprint density at radius 1 is 0.447 bits per heavy atom. The van der Waals surface area contributed by atoms with Crippen molar-refractivity contribution in [3.8, 4) is 0 Å². The number of carbonyl (C=O) groups is 3. The van der Waals surface area contributed by atoms with Gasteiger partial charge >= 0.3 is 17.9 Å². The number of hydrogen-bond donors (Lipinski definition) is 6. The summed E-state index contributed by atoms with van der Waals surface area (Å²) >= 11 is 11.8. The Labute approximate surface area is 600 Å². The number of pyridine rings is 2. The summed E-state index contributed by atoms with van der Waals surface area (Å²) in [5.74, 6) is -2.49. The maximum Gasteiger partial charge on any atom is 0.356 e. The first-order chi connectivity index (χ1) is 49.1. The summed E-state index contributed by atoms with van der Waals surface area (Å²) in [5.41, 5.74) is 12.2. The molecule has 0 saturated carbocycles. The highest BCUT2D eigenvalue weighted by Gasteiger charge is 2.31. The van der Waals surface area contributed by atoms with E-state index in [2.05, 4.69) is 30.8 Å². The number of benzene rings is 6. The monoisotopic (exact) mass is 1430 g/mol. The number of carboxylic acids is 3. The lowest BCUT2D eigenvalue weighted by Gasteiger charge is -2.29. The molecule has 8 heterocycles. The highest BCUT2D eigenvalue weighted by atomic mass is 35.5. The van der Waals surface area contributed by atoms with E-state index in [1.807, 2.05) is 88.6 Å². The zero-order valence-electron chi connectivity index (χ0n) is 57.9. The average Bonchev–Trinajstić information content (AvgIpc) is 1.55. The van der Waals surface area contributed by atoms with Gasteiger partial charge in [-0.15, -0.1) is 0 Å². The highest BCUT2D eigenvalue weighted by molar-refractivity contribution is 6.30. The van der Waals surface area contributed by atoms with Gasteiger partial charge in [-0.1, -0.05) is 65.7 Å². The standard InChI is InChI=1S/C28H25FN2O4.C27H23ClFN3O4.C24H26ClN3O4/c1-15-10-22(17(3)30-24-7-5-4-6-21(24)28(33)34)26-23(11-15)25(32)16(2)27(35-26)31-13-18-8-9-20(29)12-19(18)14-31;1-13-8-19(15(3)30-21-6-7-22(28)31-23(21)27(34)35)25-20(9-13)24(33)14(2)26(36-25)32-11-16-4-5-18(29)10-17(16)12-32;1-13-11-16(15(3)26-18-7-8-19(25)27-20(18)24(30)31)22-17(12-13)21(29)14(2)23(32-22)28-9-5-4-6-10-28/h4-12,17,30H,13-14H2,1-3H3,(H,33,34);4-10,15,30H,11-12H2,1-3H3,(H,34,35);7-8,11-12,15,26H,4-6,9-10H2,1-3H3,(H,30,31). The number of nitrogens with zero attached hydrogens (tertiary/aromatic N) is 5. The van der Waals surface area contributed by atoms with Crippen LogP contribution in [0.4, 0.5) is 43.5 Å². The van der Waals surface area contributed by atoms with Crippen LogP contribution in [0.15, 0.2) is 149 Å². The Morgan fingerprint density at radius 3 is 1.18 bits per heavy atom. The fourth-order valence-electron chi connectivity index (χ4n) is 13.8. The molecule has 530 valence electrons. The number of para-hydroxylation sites is 1. The second-order valence-corrected chi connectivity index (χ2v) is 27.3. The van der Waals surface area contributed by atoms with Crippen LogP contribution in [0.5, 0.6) is 0 Å². The molecular weight excluding hydrogens is 1360 g/mol. The number of carboxylic acid groups (broad SMARTS) is 3. The number of anilines is 6. The highest BCUT2D eigenvalue weighted by Crippen LogP contribution is 2.40. The van der Waals surface area contributed by atoms with Crippen LogP contribution >= 0.6 is 23.2 Å². The fourth-order valence-corrected chi connectivity index (χ4v) is 14.1. The van der Waals surface area contributed by atoms with E-state index in [1.54, 1.807) is 68.4 Å². The molecule has 0 radical (unpaired) electrons. The minimum atomic E-state index is -1.21. The van der Waals surface area contributed by atoms with Gasteiger partial charge in [0, 0.05) is 61.6 Å². The van der Waals surface area contributed by atoms with Crippen molar-refractivity contribution in [3.05, 3.63) is 263 Å². The van der Waals surface area contributed by atoms with Crippen LogP contribution in [0.2, 0.25) is 10.3 Å². The van der Waals surface area contributed by atoms with Gasteiger partial charge in [-0.25, -0.2) is 33.1 Å². The van der Waals surface area contributed by atoms with Crippen LogP contribution in [-0.4, -0.2) is 56.3 Å². The molecule has 6 N–H and O–H groups in total. The summed E-state index contributed by atoms with van der Waals surface area (Å²) in [6, 6.07) is 32.4. The van der Waals surface area contributed by atoms with Crippen molar-refractivity contribution < 1.29 is 51.7 Å². The van der Waals surface area contributed by atoms with Gasteiger partial charge in [-0.3, -0.25) is 14.4 Å². The summed E-state index contributed by atoms with van der Waals surface area (Å²) in [7, 11) is 0. The molecule has 0 spiro atoms. The minimum Gasteiger partial charge on any atom is -0.478 e. The van der Waals surface area contributed by atoms with Gasteiger partial charge in [0.2, 0.25) is 17.7 Å². The molecule has 0 aliphatic carbocycles. The quantitative estimate of drug-likeness (QED) is 0.0520. The first-order valence-corrected chi connectivity index (χ1v) is 34.3. The topological polar surface area (TPSA) is 274 Å². The number of halogens is 4. The lowest BCUT2D eigenvalue weighted by Crippen LogP contribution is -2.31. The van der Waals surface area contributed by atoms with Crippen LogP contribution in [0.3, 0.4) is 0 Å². The largest absolute Gasteiger partial charge is 0.478 e. The third-order valence-electron chi connectivity index (χ3n) is 18.9. The van der Waals surface area contributed by atoms with E-state index in [1.165, 1.54) is 42.8 Å². The number of aryl methyl sites for hydroxylation is 3. The van der Waals surface area contributed by atoms with E-state index in [9.17, 15) is 52.9 Å². The van der Waals surface area contributed by atoms with Crippen LogP contribution < -0.4 is 46.9 Å². The fraction of sp³-hybridized carbons (Fsp3) is 0.266. The van der Waals surface area contributed by atoms with Crippen LogP contribution in [0, 0.1) is 53.2 Å². The summed E-state index contributed by atoms with van der Waals surface area (Å²) in [6.45, 7) is 20.3. The van der Waals surface area contributed by atoms with Crippen molar-refractivity contribution >= 4 is 109 Å². The molecule has 24 heteroatoms. The minimum absolute atomic E-state index is 0.0386. The summed E-state index contributed by atoms with van der Waals surface area (Å²) in [6.07, 6.45) is 3.32.